The summed E-state index contributed by atoms with van der Waals surface area (Å²) in [6.07, 6.45) is 8.20. The Morgan fingerprint density at radius 1 is 1.06 bits per heavy atom. The van der Waals surface area contributed by atoms with Crippen LogP contribution < -0.4 is 4.74 Å². The molecule has 0 aliphatic heterocycles. The van der Waals surface area contributed by atoms with E-state index in [9.17, 15) is 0 Å². The number of rotatable bonds is 9. The molecule has 1 aromatic rings. The molecule has 0 heterocycles. The van der Waals surface area contributed by atoms with Crippen molar-refractivity contribution < 1.29 is 4.74 Å². The van der Waals surface area contributed by atoms with E-state index in [1.54, 1.807) is 0 Å². The summed E-state index contributed by atoms with van der Waals surface area (Å²) in [5.41, 5.74) is 1.34. The first-order valence-corrected chi connectivity index (χ1v) is 6.88. The minimum Gasteiger partial charge on any atom is -0.493 e. The highest BCUT2D eigenvalue weighted by molar-refractivity contribution is 5.33. The number of ether oxygens (including phenoxy) is 1. The van der Waals surface area contributed by atoms with Gasteiger partial charge < -0.3 is 4.74 Å². The molecule has 17 heavy (non-hydrogen) atoms. The molecule has 1 radical (unpaired) electrons. The van der Waals surface area contributed by atoms with Crippen molar-refractivity contribution in [3.63, 3.8) is 0 Å². The Labute approximate surface area is 106 Å². The average molecular weight is 233 g/mol. The van der Waals surface area contributed by atoms with Crippen LogP contribution in [0.15, 0.2) is 24.3 Å². The Balaban J connectivity index is 2.40. The minimum atomic E-state index is 0.847. The molecule has 1 heteroatoms. The van der Waals surface area contributed by atoms with Crippen LogP contribution in [0, 0.1) is 6.92 Å². The zero-order valence-corrected chi connectivity index (χ0v) is 11.1. The fourth-order valence-electron chi connectivity index (χ4n) is 1.88. The van der Waals surface area contributed by atoms with Gasteiger partial charge in [0.1, 0.15) is 5.75 Å². The highest BCUT2D eigenvalue weighted by Gasteiger charge is 2.02. The van der Waals surface area contributed by atoms with Crippen molar-refractivity contribution in [3.8, 4) is 5.75 Å². The van der Waals surface area contributed by atoms with E-state index in [0.717, 1.165) is 31.6 Å². The first-order chi connectivity index (χ1) is 8.38. The predicted molar refractivity (Wildman–Crippen MR) is 74.4 cm³/mol. The fraction of sp³-hybridized carbons (Fsp3) is 0.562. The zero-order chi connectivity index (χ0) is 12.3. The van der Waals surface area contributed by atoms with Gasteiger partial charge in [0.2, 0.25) is 0 Å². The molecule has 0 aliphatic carbocycles. The van der Waals surface area contributed by atoms with E-state index in [2.05, 4.69) is 38.1 Å². The van der Waals surface area contributed by atoms with E-state index in [4.69, 9.17) is 4.74 Å². The number of aryl methyl sites for hydroxylation is 1. The third-order valence-corrected chi connectivity index (χ3v) is 2.92. The Bertz CT molecular complexity index is 293. The van der Waals surface area contributed by atoms with Crippen LogP contribution in [0.4, 0.5) is 0 Å². The van der Waals surface area contributed by atoms with E-state index < -0.39 is 0 Å². The molecule has 0 unspecified atom stereocenters. The van der Waals surface area contributed by atoms with Gasteiger partial charge >= 0.3 is 0 Å². The van der Waals surface area contributed by atoms with Crippen molar-refractivity contribution in [1.82, 2.24) is 0 Å². The Morgan fingerprint density at radius 2 is 1.88 bits per heavy atom. The highest BCUT2D eigenvalue weighted by atomic mass is 16.5. The van der Waals surface area contributed by atoms with Crippen molar-refractivity contribution in [2.75, 3.05) is 6.61 Å². The second kappa shape index (κ2) is 9.09. The quantitative estimate of drug-likeness (QED) is 0.556. The molecular weight excluding hydrogens is 208 g/mol. The second-order valence-electron chi connectivity index (χ2n) is 4.47. The van der Waals surface area contributed by atoms with Crippen LogP contribution in [0.1, 0.15) is 51.0 Å². The summed E-state index contributed by atoms with van der Waals surface area (Å²) in [7, 11) is 0. The molecule has 0 fully saturated rings. The van der Waals surface area contributed by atoms with Crippen LogP contribution in [-0.2, 0) is 6.42 Å². The molecule has 0 atom stereocenters. The van der Waals surface area contributed by atoms with Crippen molar-refractivity contribution in [2.45, 2.75) is 51.9 Å². The number of para-hydroxylation sites is 1. The third kappa shape index (κ3) is 5.76. The van der Waals surface area contributed by atoms with E-state index >= 15 is 0 Å². The fourth-order valence-corrected chi connectivity index (χ4v) is 1.88. The topological polar surface area (TPSA) is 9.23 Å². The van der Waals surface area contributed by atoms with E-state index in [-0.39, 0.29) is 0 Å². The maximum Gasteiger partial charge on any atom is 0.122 e. The largest absolute Gasteiger partial charge is 0.493 e. The van der Waals surface area contributed by atoms with Crippen molar-refractivity contribution in [1.29, 1.82) is 0 Å². The molecule has 0 spiro atoms. The summed E-state index contributed by atoms with van der Waals surface area (Å²) in [6, 6.07) is 8.42. The number of hydrogen-bond acceptors (Lipinski definition) is 1. The molecule has 95 valence electrons. The van der Waals surface area contributed by atoms with Gasteiger partial charge in [0.15, 0.2) is 0 Å². The van der Waals surface area contributed by atoms with Gasteiger partial charge in [0.05, 0.1) is 6.61 Å². The zero-order valence-electron chi connectivity index (χ0n) is 11.1. The molecular formula is C16H25O. The molecule has 1 rings (SSSR count). The maximum atomic E-state index is 5.85. The predicted octanol–water partition coefficient (Wildman–Crippen LogP) is 4.80. The summed E-state index contributed by atoms with van der Waals surface area (Å²) in [5, 5.41) is 0. The highest BCUT2D eigenvalue weighted by Crippen LogP contribution is 2.20. The van der Waals surface area contributed by atoms with Gasteiger partial charge in [-0.2, -0.15) is 0 Å². The SMILES string of the molecule is [CH2]CCCCc1ccccc1OCCCCC. The summed E-state index contributed by atoms with van der Waals surface area (Å²) in [6.45, 7) is 6.94. The molecule has 1 aromatic carbocycles. The minimum absolute atomic E-state index is 0.847. The van der Waals surface area contributed by atoms with Crippen LogP contribution in [-0.4, -0.2) is 6.61 Å². The van der Waals surface area contributed by atoms with E-state index in [1.807, 2.05) is 0 Å². The van der Waals surface area contributed by atoms with Gasteiger partial charge in [-0.25, -0.2) is 0 Å². The van der Waals surface area contributed by atoms with Crippen molar-refractivity contribution in [2.24, 2.45) is 0 Å². The average Bonchev–Trinajstić information content (AvgIpc) is 2.36. The molecule has 0 saturated carbocycles. The first kappa shape index (κ1) is 14.1. The third-order valence-electron chi connectivity index (χ3n) is 2.92. The summed E-state index contributed by atoms with van der Waals surface area (Å²) < 4.78 is 5.85. The van der Waals surface area contributed by atoms with Gasteiger partial charge in [-0.3, -0.25) is 0 Å². The van der Waals surface area contributed by atoms with Crippen LogP contribution in [0.25, 0.3) is 0 Å². The van der Waals surface area contributed by atoms with Gasteiger partial charge in [0, 0.05) is 0 Å². The Kier molecular flexibility index (Phi) is 7.53. The standard InChI is InChI=1S/C16H25O/c1-3-5-7-11-15-12-8-9-13-16(15)17-14-10-6-4-2/h8-9,12-13H,1,3-7,10-11,14H2,2H3. The lowest BCUT2D eigenvalue weighted by atomic mass is 10.1. The molecule has 0 bridgehead atoms. The van der Waals surface area contributed by atoms with E-state index in [1.165, 1.54) is 31.2 Å². The van der Waals surface area contributed by atoms with Crippen molar-refractivity contribution >= 4 is 0 Å². The van der Waals surface area contributed by atoms with Crippen molar-refractivity contribution in [3.05, 3.63) is 36.8 Å². The molecule has 0 aliphatic rings. The van der Waals surface area contributed by atoms with Crippen LogP contribution in [0.5, 0.6) is 5.75 Å². The lowest BCUT2D eigenvalue weighted by Gasteiger charge is -2.11. The number of benzene rings is 1. The lowest BCUT2D eigenvalue weighted by molar-refractivity contribution is 0.303. The second-order valence-corrected chi connectivity index (χ2v) is 4.47. The smallest absolute Gasteiger partial charge is 0.122 e. The molecule has 0 N–H and O–H groups in total. The summed E-state index contributed by atoms with van der Waals surface area (Å²) >= 11 is 0. The normalized spacial score (nSPS) is 10.5. The Morgan fingerprint density at radius 3 is 2.65 bits per heavy atom. The van der Waals surface area contributed by atoms with Gasteiger partial charge in [-0.15, -0.1) is 0 Å². The number of unbranched alkanes of at least 4 members (excludes halogenated alkanes) is 4. The molecule has 1 nitrogen and oxygen atoms in total. The monoisotopic (exact) mass is 233 g/mol. The maximum absolute atomic E-state index is 5.85. The number of hydrogen-bond donors (Lipinski definition) is 0. The van der Waals surface area contributed by atoms with Gasteiger partial charge in [-0.05, 0) is 30.9 Å². The van der Waals surface area contributed by atoms with E-state index in [0.29, 0.717) is 0 Å². The van der Waals surface area contributed by atoms with Crippen LogP contribution in [0.3, 0.4) is 0 Å². The molecule has 0 saturated heterocycles. The van der Waals surface area contributed by atoms with Gasteiger partial charge in [-0.1, -0.05) is 57.7 Å². The lowest BCUT2D eigenvalue weighted by Crippen LogP contribution is -2.00. The molecule has 0 aromatic heterocycles. The van der Waals surface area contributed by atoms with Crippen LogP contribution >= 0.6 is 0 Å². The van der Waals surface area contributed by atoms with Gasteiger partial charge in [0.25, 0.3) is 0 Å². The van der Waals surface area contributed by atoms with Crippen LogP contribution in [0.2, 0.25) is 0 Å². The summed E-state index contributed by atoms with van der Waals surface area (Å²) in [5.74, 6) is 1.08. The summed E-state index contributed by atoms with van der Waals surface area (Å²) in [4.78, 5) is 0. The molecule has 0 amide bonds. The Hall–Kier alpha value is -0.980. The first-order valence-electron chi connectivity index (χ1n) is 6.88.